The van der Waals surface area contributed by atoms with Crippen molar-refractivity contribution in [2.24, 2.45) is 0 Å². The van der Waals surface area contributed by atoms with Gasteiger partial charge in [0, 0.05) is 16.5 Å². The van der Waals surface area contributed by atoms with E-state index in [-0.39, 0.29) is 11.8 Å². The molecule has 0 unspecified atom stereocenters. The molecule has 0 N–H and O–H groups in total. The summed E-state index contributed by atoms with van der Waals surface area (Å²) in [5.74, 6) is 1.14. The van der Waals surface area contributed by atoms with Gasteiger partial charge in [0.2, 0.25) is 10.0 Å². The van der Waals surface area contributed by atoms with Crippen LogP contribution in [0.5, 0.6) is 5.75 Å². The van der Waals surface area contributed by atoms with Crippen LogP contribution in [0.3, 0.4) is 0 Å². The minimum Gasteiger partial charge on any atom is -0.497 e. The van der Waals surface area contributed by atoms with E-state index in [1.807, 2.05) is 37.3 Å². The highest BCUT2D eigenvalue weighted by Gasteiger charge is 2.32. The molecule has 0 saturated carbocycles. The van der Waals surface area contributed by atoms with Crippen LogP contribution in [-0.4, -0.2) is 39.4 Å². The monoisotopic (exact) mass is 391 g/mol. The first-order valence-electron chi connectivity index (χ1n) is 8.22. The maximum absolute atomic E-state index is 12.5. The van der Waals surface area contributed by atoms with Crippen LogP contribution in [0, 0.1) is 0 Å². The van der Waals surface area contributed by atoms with Crippen molar-refractivity contribution in [1.82, 2.24) is 0 Å². The molecule has 26 heavy (non-hydrogen) atoms. The lowest BCUT2D eigenvalue weighted by Gasteiger charge is -2.21. The molecule has 0 radical (unpaired) electrons. The number of ketones is 1. The molecule has 3 rings (SSSR count). The minimum atomic E-state index is -3.32. The Hall–Kier alpha value is -1.99. The third-order valence-electron chi connectivity index (χ3n) is 4.34. The molecule has 0 aromatic heterocycles. The Kier molecular flexibility index (Phi) is 5.29. The summed E-state index contributed by atoms with van der Waals surface area (Å²) in [6.45, 7) is 1.88. The van der Waals surface area contributed by atoms with E-state index in [1.165, 1.54) is 22.3 Å². The molecule has 1 heterocycles. The van der Waals surface area contributed by atoms with E-state index in [0.717, 1.165) is 16.2 Å². The van der Waals surface area contributed by atoms with Gasteiger partial charge in [0.15, 0.2) is 5.78 Å². The fourth-order valence-electron chi connectivity index (χ4n) is 3.19. The molecule has 0 saturated heterocycles. The molecule has 7 heteroatoms. The molecule has 0 spiro atoms. The van der Waals surface area contributed by atoms with Crippen LogP contribution in [0.2, 0.25) is 0 Å². The Bertz CT molecular complexity index is 923. The van der Waals surface area contributed by atoms with Crippen molar-refractivity contribution in [3.63, 3.8) is 0 Å². The smallest absolute Gasteiger partial charge is 0.232 e. The topological polar surface area (TPSA) is 63.7 Å². The molecule has 1 aliphatic rings. The average Bonchev–Trinajstić information content (AvgIpc) is 2.95. The van der Waals surface area contributed by atoms with E-state index in [2.05, 4.69) is 0 Å². The van der Waals surface area contributed by atoms with Crippen molar-refractivity contribution in [2.45, 2.75) is 24.3 Å². The summed E-state index contributed by atoms with van der Waals surface area (Å²) in [7, 11) is -1.70. The Balaban J connectivity index is 1.72. The predicted octanol–water partition coefficient (Wildman–Crippen LogP) is 3.38. The summed E-state index contributed by atoms with van der Waals surface area (Å²) in [5, 5.41) is 0. The van der Waals surface area contributed by atoms with Gasteiger partial charge in [0.05, 0.1) is 24.8 Å². The van der Waals surface area contributed by atoms with Crippen molar-refractivity contribution in [3.8, 4) is 5.75 Å². The molecule has 0 amide bonds. The number of nitrogens with zero attached hydrogens (tertiary/aromatic N) is 1. The molecule has 0 bridgehead atoms. The number of sulfonamides is 1. The molecule has 0 fully saturated rings. The number of ether oxygens (including phenoxy) is 1. The zero-order chi connectivity index (χ0) is 18.9. The number of carbonyl (C=O) groups excluding carboxylic acids is 1. The lowest BCUT2D eigenvalue weighted by atomic mass is 10.0. The van der Waals surface area contributed by atoms with Gasteiger partial charge < -0.3 is 4.74 Å². The molecule has 138 valence electrons. The largest absolute Gasteiger partial charge is 0.497 e. The molecule has 5 nitrogen and oxygen atoms in total. The summed E-state index contributed by atoms with van der Waals surface area (Å²) in [5.41, 5.74) is 2.20. The second-order valence-electron chi connectivity index (χ2n) is 6.34. The van der Waals surface area contributed by atoms with Crippen molar-refractivity contribution >= 4 is 33.3 Å². The highest BCUT2D eigenvalue weighted by atomic mass is 32.2. The average molecular weight is 392 g/mol. The highest BCUT2D eigenvalue weighted by Crippen LogP contribution is 2.35. The van der Waals surface area contributed by atoms with Gasteiger partial charge in [0.1, 0.15) is 5.75 Å². The van der Waals surface area contributed by atoms with E-state index < -0.39 is 10.0 Å². The van der Waals surface area contributed by atoms with Crippen LogP contribution >= 0.6 is 11.8 Å². The number of Topliss-reactive ketones (excluding diaryl/α,β-unsaturated/α-hetero) is 1. The number of fused-ring (bicyclic) bond motifs is 1. The Labute approximate surface area is 158 Å². The third kappa shape index (κ3) is 3.88. The van der Waals surface area contributed by atoms with E-state index >= 15 is 0 Å². The van der Waals surface area contributed by atoms with Gasteiger partial charge in [-0.1, -0.05) is 0 Å². The molecular weight excluding hydrogens is 370 g/mol. The van der Waals surface area contributed by atoms with Crippen molar-refractivity contribution < 1.29 is 17.9 Å². The van der Waals surface area contributed by atoms with E-state index in [4.69, 9.17) is 4.74 Å². The quantitative estimate of drug-likeness (QED) is 0.558. The summed E-state index contributed by atoms with van der Waals surface area (Å²) < 4.78 is 30.5. The van der Waals surface area contributed by atoms with Crippen LogP contribution in [0.25, 0.3) is 0 Å². The number of hydrogen-bond donors (Lipinski definition) is 0. The minimum absolute atomic E-state index is 0.0269. The fraction of sp³-hybridized carbons (Fsp3) is 0.316. The van der Waals surface area contributed by atoms with E-state index in [0.29, 0.717) is 23.4 Å². The Morgan fingerprint density at radius 3 is 2.54 bits per heavy atom. The van der Waals surface area contributed by atoms with Crippen LogP contribution in [-0.2, 0) is 16.4 Å². The number of hydrogen-bond acceptors (Lipinski definition) is 5. The predicted molar refractivity (Wildman–Crippen MR) is 105 cm³/mol. The van der Waals surface area contributed by atoms with Gasteiger partial charge in [0.25, 0.3) is 0 Å². The van der Waals surface area contributed by atoms with Crippen LogP contribution < -0.4 is 9.04 Å². The zero-order valence-corrected chi connectivity index (χ0v) is 16.6. The number of rotatable bonds is 6. The first-order chi connectivity index (χ1) is 12.3. The number of anilines is 1. The molecule has 2 aromatic carbocycles. The zero-order valence-electron chi connectivity index (χ0n) is 14.9. The standard InChI is InChI=1S/C19H21NO4S2/c1-13-10-15-11-14(4-9-18(15)20(13)26(3,22)23)19(21)12-25-17-7-5-16(24-2)6-8-17/h4-9,11,13H,10,12H2,1-3H3/t13-/m1/s1. The normalized spacial score (nSPS) is 16.4. The van der Waals surface area contributed by atoms with Crippen molar-refractivity contribution in [3.05, 3.63) is 53.6 Å². The van der Waals surface area contributed by atoms with E-state index in [9.17, 15) is 13.2 Å². The van der Waals surface area contributed by atoms with Crippen molar-refractivity contribution in [2.75, 3.05) is 23.4 Å². The van der Waals surface area contributed by atoms with Gasteiger partial charge in [-0.05, 0) is 61.4 Å². The number of carbonyl (C=O) groups is 1. The Morgan fingerprint density at radius 1 is 1.23 bits per heavy atom. The van der Waals surface area contributed by atoms with E-state index in [1.54, 1.807) is 19.2 Å². The highest BCUT2D eigenvalue weighted by molar-refractivity contribution is 8.00. The molecule has 1 aliphatic heterocycles. The number of benzene rings is 2. The van der Waals surface area contributed by atoms with Gasteiger partial charge in [-0.25, -0.2) is 8.42 Å². The van der Waals surface area contributed by atoms with Gasteiger partial charge in [-0.15, -0.1) is 11.8 Å². The first kappa shape index (κ1) is 18.8. The lowest BCUT2D eigenvalue weighted by molar-refractivity contribution is 0.102. The second-order valence-corrected chi connectivity index (χ2v) is 9.25. The maximum atomic E-state index is 12.5. The maximum Gasteiger partial charge on any atom is 0.232 e. The molecular formula is C19H21NO4S2. The van der Waals surface area contributed by atoms with Crippen LogP contribution in [0.15, 0.2) is 47.4 Å². The van der Waals surface area contributed by atoms with Crippen LogP contribution in [0.4, 0.5) is 5.69 Å². The molecule has 1 atom stereocenters. The SMILES string of the molecule is COc1ccc(SCC(=O)c2ccc3c(c2)C[C@@H](C)N3S(C)(=O)=O)cc1. The Morgan fingerprint density at radius 2 is 1.92 bits per heavy atom. The molecule has 0 aliphatic carbocycles. The lowest BCUT2D eigenvalue weighted by Crippen LogP contribution is -2.34. The third-order valence-corrected chi connectivity index (χ3v) is 6.62. The molecule has 2 aromatic rings. The van der Waals surface area contributed by atoms with Crippen LogP contribution in [0.1, 0.15) is 22.8 Å². The summed E-state index contributed by atoms with van der Waals surface area (Å²) in [6, 6.07) is 12.7. The second kappa shape index (κ2) is 7.32. The van der Waals surface area contributed by atoms with Crippen molar-refractivity contribution in [1.29, 1.82) is 0 Å². The number of methoxy groups -OCH3 is 1. The fourth-order valence-corrected chi connectivity index (χ4v) is 5.24. The summed E-state index contributed by atoms with van der Waals surface area (Å²) in [4.78, 5) is 13.5. The summed E-state index contributed by atoms with van der Waals surface area (Å²) >= 11 is 1.47. The summed E-state index contributed by atoms with van der Waals surface area (Å²) in [6.07, 6.45) is 1.83. The number of thioether (sulfide) groups is 1. The van der Waals surface area contributed by atoms with Gasteiger partial charge in [-0.2, -0.15) is 0 Å². The van der Waals surface area contributed by atoms with Gasteiger partial charge >= 0.3 is 0 Å². The van der Waals surface area contributed by atoms with Gasteiger partial charge in [-0.3, -0.25) is 9.10 Å². The first-order valence-corrected chi connectivity index (χ1v) is 11.1.